The van der Waals surface area contributed by atoms with Crippen molar-refractivity contribution in [1.82, 2.24) is 15.1 Å². The van der Waals surface area contributed by atoms with Crippen molar-refractivity contribution in [3.05, 3.63) is 82.3 Å². The first-order valence-electron chi connectivity index (χ1n) is 9.87. The van der Waals surface area contributed by atoms with Gasteiger partial charge in [0.15, 0.2) is 0 Å². The average molecular weight is 478 g/mol. The summed E-state index contributed by atoms with van der Waals surface area (Å²) >= 11 is 1.60. The number of fused-ring (bicyclic) bond motifs is 1. The van der Waals surface area contributed by atoms with Gasteiger partial charge in [0.05, 0.1) is 11.3 Å². The van der Waals surface area contributed by atoms with Gasteiger partial charge in [0.1, 0.15) is 18.2 Å². The van der Waals surface area contributed by atoms with Crippen molar-refractivity contribution in [1.29, 1.82) is 0 Å². The number of rotatable bonds is 6. The van der Waals surface area contributed by atoms with Gasteiger partial charge in [0, 0.05) is 29.2 Å². The van der Waals surface area contributed by atoms with Crippen molar-refractivity contribution in [2.45, 2.75) is 30.8 Å². The Morgan fingerprint density at radius 2 is 1.73 bits per heavy atom. The molecule has 0 spiro atoms. The quantitative estimate of drug-likeness (QED) is 0.517. The van der Waals surface area contributed by atoms with Crippen LogP contribution in [0.4, 0.5) is 23.4 Å². The lowest BCUT2D eigenvalue weighted by molar-refractivity contribution is -0.137. The van der Waals surface area contributed by atoms with E-state index in [1.54, 1.807) is 23.9 Å². The Balaban J connectivity index is 1.46. The average Bonchev–Trinajstić information content (AvgIpc) is 3.35. The Morgan fingerprint density at radius 1 is 1.03 bits per heavy atom. The molecule has 2 heterocycles. The monoisotopic (exact) mass is 478 g/mol. The van der Waals surface area contributed by atoms with E-state index in [-0.39, 0.29) is 30.4 Å². The topological polar surface area (TPSA) is 76.0 Å². The molecule has 0 fully saturated rings. The molecule has 2 N–H and O–H groups in total. The lowest BCUT2D eigenvalue weighted by Crippen LogP contribution is -2.28. The summed E-state index contributed by atoms with van der Waals surface area (Å²) < 4.78 is 52.7. The van der Waals surface area contributed by atoms with Crippen LogP contribution in [0.5, 0.6) is 0 Å². The molecule has 0 bridgehead atoms. The van der Waals surface area contributed by atoms with Crippen LogP contribution in [0.3, 0.4) is 0 Å². The van der Waals surface area contributed by atoms with Crippen molar-refractivity contribution < 1.29 is 27.2 Å². The van der Waals surface area contributed by atoms with Gasteiger partial charge in [0.25, 0.3) is 5.91 Å². The van der Waals surface area contributed by atoms with E-state index < -0.39 is 17.6 Å². The summed E-state index contributed by atoms with van der Waals surface area (Å²) in [7, 11) is 0. The molecule has 2 aromatic carbocycles. The zero-order valence-electron chi connectivity index (χ0n) is 17.1. The normalized spacial score (nSPS) is 13.0. The van der Waals surface area contributed by atoms with E-state index in [9.17, 15) is 27.2 Å². The molecule has 2 amide bonds. The number of hydrogen-bond acceptors (Lipinski definition) is 4. The van der Waals surface area contributed by atoms with Crippen LogP contribution >= 0.6 is 11.8 Å². The summed E-state index contributed by atoms with van der Waals surface area (Å²) in [5.74, 6) is 0.228. The smallest absolute Gasteiger partial charge is 0.350 e. The molecule has 1 aliphatic heterocycles. The van der Waals surface area contributed by atoms with Gasteiger partial charge in [-0.3, -0.25) is 9.59 Å². The van der Waals surface area contributed by atoms with Gasteiger partial charge in [-0.2, -0.15) is 30.0 Å². The van der Waals surface area contributed by atoms with Gasteiger partial charge >= 0.3 is 6.18 Å². The Kier molecular flexibility index (Phi) is 6.41. The van der Waals surface area contributed by atoms with Gasteiger partial charge in [-0.15, -0.1) is 0 Å². The van der Waals surface area contributed by atoms with Crippen LogP contribution in [0.25, 0.3) is 0 Å². The largest absolute Gasteiger partial charge is 0.416 e. The number of amides is 2. The number of halogens is 4. The second-order valence-corrected chi connectivity index (χ2v) is 8.34. The van der Waals surface area contributed by atoms with Crippen LogP contribution < -0.4 is 10.6 Å². The number of benzene rings is 2. The summed E-state index contributed by atoms with van der Waals surface area (Å²) in [6, 6.07) is 9.60. The Morgan fingerprint density at radius 3 is 2.39 bits per heavy atom. The molecule has 33 heavy (non-hydrogen) atoms. The van der Waals surface area contributed by atoms with Crippen LogP contribution in [-0.2, 0) is 35.6 Å². The van der Waals surface area contributed by atoms with Crippen molar-refractivity contribution in [2.75, 3.05) is 5.32 Å². The Hall–Kier alpha value is -3.34. The van der Waals surface area contributed by atoms with Crippen molar-refractivity contribution in [2.24, 2.45) is 0 Å². The summed E-state index contributed by atoms with van der Waals surface area (Å²) in [6.07, 6.45) is -4.49. The number of nitrogens with one attached hydrogen (secondary N) is 2. The van der Waals surface area contributed by atoms with Gasteiger partial charge in [-0.05, 0) is 42.0 Å². The van der Waals surface area contributed by atoms with E-state index >= 15 is 0 Å². The highest BCUT2D eigenvalue weighted by atomic mass is 32.2. The molecule has 172 valence electrons. The Labute approximate surface area is 190 Å². The maximum atomic E-state index is 13.0. The summed E-state index contributed by atoms with van der Waals surface area (Å²) in [4.78, 5) is 25.1. The third-order valence-corrected chi connectivity index (χ3v) is 5.99. The highest BCUT2D eigenvalue weighted by molar-refractivity contribution is 7.98. The second kappa shape index (κ2) is 9.26. The number of hydrogen-bond donors (Lipinski definition) is 2. The number of thioether (sulfide) groups is 1. The first-order valence-corrected chi connectivity index (χ1v) is 11.0. The molecule has 3 aromatic rings. The predicted molar refractivity (Wildman–Crippen MR) is 115 cm³/mol. The minimum atomic E-state index is -4.49. The van der Waals surface area contributed by atoms with E-state index in [1.807, 2.05) is 0 Å². The molecule has 6 nitrogen and oxygen atoms in total. The lowest BCUT2D eigenvalue weighted by Gasteiger charge is -2.12. The number of carbonyl (C=O) groups is 2. The maximum absolute atomic E-state index is 13.0. The molecule has 0 unspecified atom stereocenters. The Bertz CT molecular complexity index is 1170. The van der Waals surface area contributed by atoms with Crippen LogP contribution in [0.15, 0.2) is 48.5 Å². The molecule has 0 radical (unpaired) electrons. The maximum Gasteiger partial charge on any atom is 0.416 e. The fourth-order valence-corrected chi connectivity index (χ4v) is 4.34. The minimum absolute atomic E-state index is 0.0518. The molecule has 0 aliphatic carbocycles. The first kappa shape index (κ1) is 22.8. The second-order valence-electron chi connectivity index (χ2n) is 7.36. The van der Waals surface area contributed by atoms with Gasteiger partial charge in [0.2, 0.25) is 5.91 Å². The van der Waals surface area contributed by atoms with Crippen LogP contribution in [0.1, 0.15) is 32.7 Å². The van der Waals surface area contributed by atoms with Gasteiger partial charge in [-0.25, -0.2) is 9.07 Å². The van der Waals surface area contributed by atoms with E-state index in [0.29, 0.717) is 17.3 Å². The summed E-state index contributed by atoms with van der Waals surface area (Å²) in [6.45, 7) is 0.0324. The van der Waals surface area contributed by atoms with Crippen molar-refractivity contribution in [3.8, 4) is 0 Å². The lowest BCUT2D eigenvalue weighted by atomic mass is 10.1. The molecular weight excluding hydrogens is 460 g/mol. The molecule has 11 heteroatoms. The number of alkyl halides is 3. The highest BCUT2D eigenvalue weighted by Gasteiger charge is 2.30. The third-order valence-electron chi connectivity index (χ3n) is 5.02. The van der Waals surface area contributed by atoms with E-state index in [1.165, 1.54) is 16.8 Å². The van der Waals surface area contributed by atoms with Gasteiger partial charge < -0.3 is 10.6 Å². The predicted octanol–water partition coefficient (Wildman–Crippen LogP) is 4.36. The zero-order chi connectivity index (χ0) is 23.6. The fraction of sp³-hybridized carbons (Fsp3) is 0.227. The molecule has 1 aromatic heterocycles. The standard InChI is InChI=1S/C22H18F4N4O2S/c23-16-7-1-13(2-8-16)9-27-19(31)10-30-20(17-11-33-12-18(17)29-30)28-21(32)14-3-5-15(6-4-14)22(24,25)26/h1-8H,9-12H2,(H,27,31)(H,28,32). The van der Waals surface area contributed by atoms with Crippen LogP contribution in [0.2, 0.25) is 0 Å². The zero-order valence-corrected chi connectivity index (χ0v) is 17.9. The van der Waals surface area contributed by atoms with Crippen molar-refractivity contribution in [3.63, 3.8) is 0 Å². The third kappa shape index (κ3) is 5.36. The number of aromatic nitrogens is 2. The van der Waals surface area contributed by atoms with E-state index in [4.69, 9.17) is 0 Å². The molecule has 1 aliphatic rings. The first-order chi connectivity index (χ1) is 15.7. The number of anilines is 1. The van der Waals surface area contributed by atoms with Crippen molar-refractivity contribution >= 4 is 29.4 Å². The summed E-state index contributed by atoms with van der Waals surface area (Å²) in [5.41, 5.74) is 1.45. The fourth-order valence-electron chi connectivity index (χ4n) is 3.31. The molecule has 0 atom stereocenters. The highest BCUT2D eigenvalue weighted by Crippen LogP contribution is 2.35. The van der Waals surface area contributed by atoms with Crippen LogP contribution in [-0.4, -0.2) is 21.6 Å². The minimum Gasteiger partial charge on any atom is -0.350 e. The summed E-state index contributed by atoms with van der Waals surface area (Å²) in [5, 5.41) is 9.83. The van der Waals surface area contributed by atoms with Gasteiger partial charge in [-0.1, -0.05) is 12.1 Å². The molecule has 0 saturated heterocycles. The van der Waals surface area contributed by atoms with E-state index in [2.05, 4.69) is 15.7 Å². The number of nitrogens with zero attached hydrogens (tertiary/aromatic N) is 2. The SMILES string of the molecule is O=C(Cn1nc2c(c1NC(=O)c1ccc(C(F)(F)F)cc1)CSC2)NCc1ccc(F)cc1. The molecular formula is C22H18F4N4O2S. The number of carbonyl (C=O) groups excluding carboxylic acids is 2. The molecule has 4 rings (SSSR count). The van der Waals surface area contributed by atoms with E-state index in [0.717, 1.165) is 41.1 Å². The van der Waals surface area contributed by atoms with Crippen LogP contribution in [0, 0.1) is 5.82 Å². The molecule has 0 saturated carbocycles.